The first-order valence-corrected chi connectivity index (χ1v) is 8.48. The van der Waals surface area contributed by atoms with Gasteiger partial charge in [-0.3, -0.25) is 25.3 Å². The number of hydrogen-bond acceptors (Lipinski definition) is 5. The summed E-state index contributed by atoms with van der Waals surface area (Å²) in [4.78, 5) is 17.5. The fourth-order valence-corrected chi connectivity index (χ4v) is 3.09. The summed E-state index contributed by atoms with van der Waals surface area (Å²) in [6, 6.07) is 11.6. The van der Waals surface area contributed by atoms with Crippen LogP contribution in [0.1, 0.15) is 46.1 Å². The third-order valence-electron chi connectivity index (χ3n) is 4.60. The quantitative estimate of drug-likeness (QED) is 0.708. The second kappa shape index (κ2) is 6.15. The Hall–Kier alpha value is -3.40. The minimum absolute atomic E-state index is 0.270. The van der Waals surface area contributed by atoms with Crippen molar-refractivity contribution in [1.29, 1.82) is 5.26 Å². The molecule has 1 aliphatic carbocycles. The Morgan fingerprint density at radius 2 is 2.12 bits per heavy atom. The molecule has 0 aliphatic heterocycles. The van der Waals surface area contributed by atoms with Crippen LogP contribution in [0.25, 0.3) is 10.9 Å². The van der Waals surface area contributed by atoms with Gasteiger partial charge in [-0.1, -0.05) is 18.2 Å². The zero-order valence-corrected chi connectivity index (χ0v) is 14.6. The van der Waals surface area contributed by atoms with E-state index in [1.165, 1.54) is 4.68 Å². The molecule has 26 heavy (non-hydrogen) atoms. The smallest absolute Gasteiger partial charge is 0.270 e. The summed E-state index contributed by atoms with van der Waals surface area (Å²) in [6.45, 7) is 1.75. The number of anilines is 1. The number of aromatic nitrogens is 3. The number of carbonyl (C=O) groups excluding carboxylic acids is 1. The van der Waals surface area contributed by atoms with E-state index in [1.54, 1.807) is 14.0 Å². The lowest BCUT2D eigenvalue weighted by Crippen LogP contribution is -2.31. The highest BCUT2D eigenvalue weighted by molar-refractivity contribution is 6.06. The number of fused-ring (bicyclic) bond motifs is 1. The predicted molar refractivity (Wildman–Crippen MR) is 97.5 cm³/mol. The largest absolute Gasteiger partial charge is 0.281 e. The van der Waals surface area contributed by atoms with Crippen molar-refractivity contribution in [2.75, 3.05) is 5.43 Å². The standard InChI is InChI=1S/C19H18N6O/c1-11-15(10-20)18(25(2)24-11)22-23-19(26)14-9-17(12-7-8-12)21-16-6-4-3-5-13(14)16/h3-6,9,12,22H,7-8H2,1-2H3,(H,23,26). The predicted octanol–water partition coefficient (Wildman–Crippen LogP) is 2.78. The average Bonchev–Trinajstić information content (AvgIpc) is 3.44. The van der Waals surface area contributed by atoms with Gasteiger partial charge in [-0.25, -0.2) is 0 Å². The molecule has 2 aromatic heterocycles. The van der Waals surface area contributed by atoms with Crippen molar-refractivity contribution in [2.45, 2.75) is 25.7 Å². The maximum atomic E-state index is 12.8. The monoisotopic (exact) mass is 346 g/mol. The molecule has 130 valence electrons. The SMILES string of the molecule is Cc1nn(C)c(NNC(=O)c2cc(C3CC3)nc3ccccc23)c1C#N. The molecule has 0 radical (unpaired) electrons. The third-order valence-corrected chi connectivity index (χ3v) is 4.60. The number of carbonyl (C=O) groups is 1. The molecule has 1 aromatic carbocycles. The van der Waals surface area contributed by atoms with Gasteiger partial charge in [0.2, 0.25) is 0 Å². The Kier molecular flexibility index (Phi) is 3.81. The highest BCUT2D eigenvalue weighted by Gasteiger charge is 2.27. The molecule has 0 atom stereocenters. The van der Waals surface area contributed by atoms with Gasteiger partial charge in [-0.15, -0.1) is 0 Å². The van der Waals surface area contributed by atoms with Crippen LogP contribution >= 0.6 is 0 Å². The summed E-state index contributed by atoms with van der Waals surface area (Å²) in [6.07, 6.45) is 2.23. The molecule has 0 bridgehead atoms. The van der Waals surface area contributed by atoms with Crippen molar-refractivity contribution in [3.63, 3.8) is 0 Å². The van der Waals surface area contributed by atoms with Crippen LogP contribution < -0.4 is 10.9 Å². The average molecular weight is 346 g/mol. The molecular formula is C19H18N6O. The number of nitrogens with zero attached hydrogens (tertiary/aromatic N) is 4. The minimum atomic E-state index is -0.270. The Bertz CT molecular complexity index is 1060. The second-order valence-electron chi connectivity index (χ2n) is 6.51. The molecular weight excluding hydrogens is 328 g/mol. The van der Waals surface area contributed by atoms with Crippen LogP contribution in [-0.2, 0) is 7.05 Å². The number of hydrazine groups is 1. The number of rotatable bonds is 4. The molecule has 2 heterocycles. The van der Waals surface area contributed by atoms with Gasteiger partial charge >= 0.3 is 0 Å². The van der Waals surface area contributed by atoms with E-state index in [-0.39, 0.29) is 5.91 Å². The molecule has 2 N–H and O–H groups in total. The second-order valence-corrected chi connectivity index (χ2v) is 6.51. The topological polar surface area (TPSA) is 95.6 Å². The van der Waals surface area contributed by atoms with Crippen molar-refractivity contribution in [3.8, 4) is 6.07 Å². The van der Waals surface area contributed by atoms with Crippen LogP contribution in [0.5, 0.6) is 0 Å². The van der Waals surface area contributed by atoms with E-state index < -0.39 is 0 Å². The Morgan fingerprint density at radius 3 is 2.85 bits per heavy atom. The van der Waals surface area contributed by atoms with Gasteiger partial charge in [-0.2, -0.15) is 10.4 Å². The molecule has 1 saturated carbocycles. The lowest BCUT2D eigenvalue weighted by Gasteiger charge is -2.12. The summed E-state index contributed by atoms with van der Waals surface area (Å²) in [5.74, 6) is 0.636. The lowest BCUT2D eigenvalue weighted by molar-refractivity contribution is 0.0964. The maximum absolute atomic E-state index is 12.8. The highest BCUT2D eigenvalue weighted by atomic mass is 16.2. The molecule has 1 fully saturated rings. The van der Waals surface area contributed by atoms with Crippen LogP contribution in [0, 0.1) is 18.3 Å². The van der Waals surface area contributed by atoms with Gasteiger partial charge in [-0.05, 0) is 31.9 Å². The molecule has 1 aliphatic rings. The van der Waals surface area contributed by atoms with Crippen molar-refractivity contribution in [2.24, 2.45) is 7.05 Å². The van der Waals surface area contributed by atoms with E-state index in [9.17, 15) is 10.1 Å². The zero-order chi connectivity index (χ0) is 18.3. The Morgan fingerprint density at radius 1 is 1.35 bits per heavy atom. The van der Waals surface area contributed by atoms with Crippen molar-refractivity contribution < 1.29 is 4.79 Å². The summed E-state index contributed by atoms with van der Waals surface area (Å²) < 4.78 is 1.54. The molecule has 0 saturated heterocycles. The van der Waals surface area contributed by atoms with E-state index in [4.69, 9.17) is 0 Å². The van der Waals surface area contributed by atoms with Gasteiger partial charge in [0, 0.05) is 24.0 Å². The van der Waals surface area contributed by atoms with E-state index in [2.05, 4.69) is 27.0 Å². The fourth-order valence-electron chi connectivity index (χ4n) is 3.09. The fraction of sp³-hybridized carbons (Fsp3) is 0.263. The highest BCUT2D eigenvalue weighted by Crippen LogP contribution is 2.40. The van der Waals surface area contributed by atoms with Gasteiger partial charge in [0.15, 0.2) is 5.82 Å². The zero-order valence-electron chi connectivity index (χ0n) is 14.6. The first kappa shape index (κ1) is 16.1. The molecule has 3 aromatic rings. The Labute approximate surface area is 150 Å². The van der Waals surface area contributed by atoms with Crippen molar-refractivity contribution in [1.82, 2.24) is 20.2 Å². The van der Waals surface area contributed by atoms with E-state index >= 15 is 0 Å². The van der Waals surface area contributed by atoms with Crippen LogP contribution in [0.3, 0.4) is 0 Å². The number of nitriles is 1. The maximum Gasteiger partial charge on any atom is 0.270 e. The first-order chi connectivity index (χ1) is 12.6. The summed E-state index contributed by atoms with van der Waals surface area (Å²) >= 11 is 0. The number of hydrogen-bond donors (Lipinski definition) is 2. The number of amides is 1. The van der Waals surface area contributed by atoms with Crippen molar-refractivity contribution in [3.05, 3.63) is 52.8 Å². The third kappa shape index (κ3) is 2.75. The Balaban J connectivity index is 1.66. The molecule has 7 nitrogen and oxygen atoms in total. The van der Waals surface area contributed by atoms with E-state index in [0.717, 1.165) is 29.4 Å². The van der Waals surface area contributed by atoms with Crippen LogP contribution in [-0.4, -0.2) is 20.7 Å². The first-order valence-electron chi connectivity index (χ1n) is 8.48. The molecule has 0 unspecified atom stereocenters. The lowest BCUT2D eigenvalue weighted by atomic mass is 10.1. The molecule has 0 spiro atoms. The summed E-state index contributed by atoms with van der Waals surface area (Å²) in [7, 11) is 1.72. The number of pyridine rings is 1. The molecule has 1 amide bonds. The molecule has 7 heteroatoms. The van der Waals surface area contributed by atoms with Gasteiger partial charge in [0.25, 0.3) is 5.91 Å². The number of nitrogens with one attached hydrogen (secondary N) is 2. The van der Waals surface area contributed by atoms with Crippen LogP contribution in [0.4, 0.5) is 5.82 Å². The summed E-state index contributed by atoms with van der Waals surface area (Å²) in [5.41, 5.74) is 8.90. The number of para-hydroxylation sites is 1. The van der Waals surface area contributed by atoms with Crippen molar-refractivity contribution >= 4 is 22.6 Å². The van der Waals surface area contributed by atoms with E-state index in [0.29, 0.717) is 28.6 Å². The van der Waals surface area contributed by atoms with Crippen LogP contribution in [0.15, 0.2) is 30.3 Å². The van der Waals surface area contributed by atoms with Gasteiger partial charge < -0.3 is 0 Å². The number of benzene rings is 1. The number of aryl methyl sites for hydroxylation is 2. The normalized spacial score (nSPS) is 13.4. The molecule has 4 rings (SSSR count). The summed E-state index contributed by atoms with van der Waals surface area (Å²) in [5, 5.41) is 14.3. The minimum Gasteiger partial charge on any atom is -0.281 e. The van der Waals surface area contributed by atoms with Gasteiger partial charge in [0.1, 0.15) is 11.6 Å². The van der Waals surface area contributed by atoms with Gasteiger partial charge in [0.05, 0.1) is 16.8 Å². The van der Waals surface area contributed by atoms with E-state index in [1.807, 2.05) is 30.3 Å². The van der Waals surface area contributed by atoms with Crippen LogP contribution in [0.2, 0.25) is 0 Å².